The molecule has 1 atom stereocenters. The molecule has 0 radical (unpaired) electrons. The smallest absolute Gasteiger partial charge is 0.419 e. The topological polar surface area (TPSA) is 94.0 Å². The van der Waals surface area contributed by atoms with Crippen LogP contribution in [-0.4, -0.2) is 62.7 Å². The summed E-state index contributed by atoms with van der Waals surface area (Å²) >= 11 is 0. The molecule has 50 heavy (non-hydrogen) atoms. The van der Waals surface area contributed by atoms with Crippen LogP contribution >= 0.6 is 0 Å². The number of fused-ring (bicyclic) bond motifs is 1. The highest BCUT2D eigenvalue weighted by Gasteiger charge is 2.38. The fourth-order valence-corrected chi connectivity index (χ4v) is 6.22. The zero-order chi connectivity index (χ0) is 36.4. The first-order valence-corrected chi connectivity index (χ1v) is 16.5. The van der Waals surface area contributed by atoms with E-state index in [1.165, 1.54) is 9.47 Å². The lowest BCUT2D eigenvalue weighted by molar-refractivity contribution is -0.140. The maximum absolute atomic E-state index is 14.3. The normalized spacial score (nSPS) is 14.8. The van der Waals surface area contributed by atoms with Crippen molar-refractivity contribution < 1.29 is 36.6 Å². The van der Waals surface area contributed by atoms with E-state index in [0.717, 1.165) is 6.07 Å². The number of benzene rings is 3. The summed E-state index contributed by atoms with van der Waals surface area (Å²) in [5.74, 6) is -1.16. The lowest BCUT2D eigenvalue weighted by atomic mass is 9.99. The van der Waals surface area contributed by atoms with Crippen molar-refractivity contribution in [2.75, 3.05) is 19.7 Å². The average molecular weight is 697 g/mol. The largest absolute Gasteiger partial charge is 0.494 e. The number of hydrogen-bond donors (Lipinski definition) is 0. The molecule has 4 aromatic rings. The molecule has 1 aliphatic heterocycles. The van der Waals surface area contributed by atoms with Crippen molar-refractivity contribution in [3.8, 4) is 11.4 Å². The van der Waals surface area contributed by atoms with Crippen molar-refractivity contribution in [2.45, 2.75) is 77.7 Å². The van der Waals surface area contributed by atoms with Crippen LogP contribution in [0.2, 0.25) is 0 Å². The predicted molar refractivity (Wildman–Crippen MR) is 180 cm³/mol. The SMILES string of the molecule is CCOc1ccc(-n2c([C@@H](C)N(C(=O)Cc3ccc(F)c(C(F)(F)F)c3)C3CCN(C(=O)OC(C)(C)C)CC3)nc3ccccc3c2=O)cc1. The van der Waals surface area contributed by atoms with Gasteiger partial charge in [0, 0.05) is 19.1 Å². The van der Waals surface area contributed by atoms with E-state index in [2.05, 4.69) is 0 Å². The Kier molecular flexibility index (Phi) is 10.5. The van der Waals surface area contributed by atoms with Gasteiger partial charge in [0.1, 0.15) is 23.0 Å². The molecule has 1 fully saturated rings. The molecule has 0 bridgehead atoms. The zero-order valence-corrected chi connectivity index (χ0v) is 28.6. The van der Waals surface area contributed by atoms with Crippen LogP contribution in [0.25, 0.3) is 16.6 Å². The molecule has 1 aliphatic rings. The highest BCUT2D eigenvalue weighted by molar-refractivity contribution is 5.81. The van der Waals surface area contributed by atoms with E-state index < -0.39 is 53.7 Å². The molecule has 5 rings (SSSR count). The number of carbonyl (C=O) groups is 2. The molecule has 0 saturated carbocycles. The molecule has 0 unspecified atom stereocenters. The molecule has 0 N–H and O–H groups in total. The number of piperidine rings is 1. The van der Waals surface area contributed by atoms with Gasteiger partial charge in [-0.05, 0) is 102 Å². The Labute approximate surface area is 287 Å². The monoisotopic (exact) mass is 696 g/mol. The van der Waals surface area contributed by atoms with E-state index in [4.69, 9.17) is 14.5 Å². The minimum Gasteiger partial charge on any atom is -0.494 e. The van der Waals surface area contributed by atoms with Gasteiger partial charge < -0.3 is 19.3 Å². The molecule has 2 heterocycles. The van der Waals surface area contributed by atoms with Gasteiger partial charge in [-0.3, -0.25) is 14.2 Å². The number of para-hydroxylation sites is 1. The van der Waals surface area contributed by atoms with Gasteiger partial charge in [-0.1, -0.05) is 18.2 Å². The van der Waals surface area contributed by atoms with Gasteiger partial charge in [0.25, 0.3) is 5.56 Å². The van der Waals surface area contributed by atoms with Gasteiger partial charge in [0.15, 0.2) is 0 Å². The number of carbonyl (C=O) groups excluding carboxylic acids is 2. The summed E-state index contributed by atoms with van der Waals surface area (Å²) in [6.45, 7) is 9.81. The molecular formula is C37H40F4N4O5. The Balaban J connectivity index is 1.58. The quantitative estimate of drug-likeness (QED) is 0.178. The van der Waals surface area contributed by atoms with Crippen molar-refractivity contribution >= 4 is 22.9 Å². The van der Waals surface area contributed by atoms with Crippen molar-refractivity contribution in [3.05, 3.63) is 99.9 Å². The van der Waals surface area contributed by atoms with Crippen LogP contribution < -0.4 is 10.3 Å². The molecule has 0 aliphatic carbocycles. The summed E-state index contributed by atoms with van der Waals surface area (Å²) in [5, 5.41) is 0.354. The van der Waals surface area contributed by atoms with Crippen molar-refractivity contribution in [2.24, 2.45) is 0 Å². The summed E-state index contributed by atoms with van der Waals surface area (Å²) < 4.78 is 67.4. The molecule has 266 valence electrons. The molecule has 0 spiro atoms. The second-order valence-corrected chi connectivity index (χ2v) is 13.2. The molecule has 13 heteroatoms. The maximum atomic E-state index is 14.3. The number of ether oxygens (including phenoxy) is 2. The molecular weight excluding hydrogens is 656 g/mol. The lowest BCUT2D eigenvalue weighted by Crippen LogP contribution is -2.51. The van der Waals surface area contributed by atoms with Gasteiger partial charge in [0.2, 0.25) is 5.91 Å². The summed E-state index contributed by atoms with van der Waals surface area (Å²) in [6, 6.07) is 14.8. The number of nitrogens with zero attached hydrogens (tertiary/aromatic N) is 4. The molecule has 3 aromatic carbocycles. The first kappa shape index (κ1) is 36.3. The summed E-state index contributed by atoms with van der Waals surface area (Å²) in [6.07, 6.45) is -5.26. The van der Waals surface area contributed by atoms with E-state index in [1.807, 2.05) is 6.92 Å². The van der Waals surface area contributed by atoms with Crippen molar-refractivity contribution in [1.29, 1.82) is 0 Å². The number of likely N-dealkylation sites (tertiary alicyclic amines) is 1. The lowest BCUT2D eigenvalue weighted by Gasteiger charge is -2.42. The second kappa shape index (κ2) is 14.5. The van der Waals surface area contributed by atoms with E-state index in [1.54, 1.807) is 81.1 Å². The van der Waals surface area contributed by atoms with E-state index in [9.17, 15) is 31.9 Å². The van der Waals surface area contributed by atoms with Crippen LogP contribution in [0.4, 0.5) is 22.4 Å². The standard InChI is InChI=1S/C37H40F4N4O5/c1-6-49-27-14-12-25(13-15-27)45-33(42-31-10-8-7-9-28(31)34(45)47)23(2)44(26-17-19-43(20-18-26)35(48)50-36(3,4)5)32(46)22-24-11-16-30(38)29(21-24)37(39,40)41/h7-16,21,23,26H,6,17-20,22H2,1-5H3/t23-/m1/s1. The fraction of sp³-hybridized carbons (Fsp3) is 0.405. The Hall–Kier alpha value is -4.94. The van der Waals surface area contributed by atoms with Gasteiger partial charge in [-0.2, -0.15) is 13.2 Å². The van der Waals surface area contributed by atoms with Gasteiger partial charge in [0.05, 0.1) is 41.2 Å². The maximum Gasteiger partial charge on any atom is 0.419 e. The number of amides is 2. The highest BCUT2D eigenvalue weighted by Crippen LogP contribution is 2.34. The predicted octanol–water partition coefficient (Wildman–Crippen LogP) is 7.47. The fourth-order valence-electron chi connectivity index (χ4n) is 6.22. The van der Waals surface area contributed by atoms with Crippen LogP contribution in [0.3, 0.4) is 0 Å². The van der Waals surface area contributed by atoms with E-state index >= 15 is 0 Å². The summed E-state index contributed by atoms with van der Waals surface area (Å²) in [5.41, 5.74) is -1.69. The number of hydrogen-bond acceptors (Lipinski definition) is 6. The van der Waals surface area contributed by atoms with Crippen LogP contribution in [-0.2, 0) is 22.1 Å². The van der Waals surface area contributed by atoms with Crippen molar-refractivity contribution in [1.82, 2.24) is 19.4 Å². The Bertz CT molecular complexity index is 1910. The van der Waals surface area contributed by atoms with Crippen molar-refractivity contribution in [3.63, 3.8) is 0 Å². The number of rotatable bonds is 8. The summed E-state index contributed by atoms with van der Waals surface area (Å²) in [4.78, 5) is 49.2. The van der Waals surface area contributed by atoms with Gasteiger partial charge in [-0.25, -0.2) is 14.2 Å². The van der Waals surface area contributed by atoms with Crippen LogP contribution in [0.15, 0.2) is 71.5 Å². The highest BCUT2D eigenvalue weighted by atomic mass is 19.4. The Morgan fingerprint density at radius 3 is 2.28 bits per heavy atom. The van der Waals surface area contributed by atoms with Crippen LogP contribution in [0, 0.1) is 5.82 Å². The molecule has 9 nitrogen and oxygen atoms in total. The Morgan fingerprint density at radius 2 is 1.66 bits per heavy atom. The average Bonchev–Trinajstić information content (AvgIpc) is 3.05. The number of alkyl halides is 3. The van der Waals surface area contributed by atoms with E-state index in [0.29, 0.717) is 53.9 Å². The molecule has 1 aromatic heterocycles. The van der Waals surface area contributed by atoms with E-state index in [-0.39, 0.29) is 30.0 Å². The first-order valence-electron chi connectivity index (χ1n) is 16.5. The molecule has 1 saturated heterocycles. The van der Waals surface area contributed by atoms with Crippen LogP contribution in [0.1, 0.15) is 70.5 Å². The third-order valence-electron chi connectivity index (χ3n) is 8.49. The number of aromatic nitrogens is 2. The molecule has 2 amide bonds. The zero-order valence-electron chi connectivity index (χ0n) is 28.6. The Morgan fingerprint density at radius 1 is 1.00 bits per heavy atom. The van der Waals surface area contributed by atoms with Gasteiger partial charge >= 0.3 is 12.3 Å². The third kappa shape index (κ3) is 8.09. The summed E-state index contributed by atoms with van der Waals surface area (Å²) in [7, 11) is 0. The minimum atomic E-state index is -4.95. The third-order valence-corrected chi connectivity index (χ3v) is 8.49. The second-order valence-electron chi connectivity index (χ2n) is 13.2. The van der Waals surface area contributed by atoms with Gasteiger partial charge in [-0.15, -0.1) is 0 Å². The first-order chi connectivity index (χ1) is 23.6. The minimum absolute atomic E-state index is 0.0255. The number of halogens is 4. The van der Waals surface area contributed by atoms with Crippen LogP contribution in [0.5, 0.6) is 5.75 Å².